The van der Waals surface area contributed by atoms with Gasteiger partial charge in [0.25, 0.3) is 5.23 Å². The Balaban J connectivity index is 2.43. The van der Waals surface area contributed by atoms with E-state index in [1.54, 1.807) is 0 Å². The van der Waals surface area contributed by atoms with Crippen molar-refractivity contribution in [2.75, 3.05) is 5.75 Å². The maximum absolute atomic E-state index is 8.31. The zero-order valence-electron chi connectivity index (χ0n) is 6.07. The molecule has 1 saturated heterocycles. The van der Waals surface area contributed by atoms with Crippen molar-refractivity contribution in [3.8, 4) is 0 Å². The van der Waals surface area contributed by atoms with Gasteiger partial charge in [-0.3, -0.25) is 0 Å². The molecule has 4 heteroatoms. The molecule has 1 rings (SSSR count). The van der Waals surface area contributed by atoms with Crippen LogP contribution in [0.1, 0.15) is 13.8 Å². The van der Waals surface area contributed by atoms with Crippen molar-refractivity contribution in [1.82, 2.24) is 0 Å². The molecule has 58 valence electrons. The van der Waals surface area contributed by atoms with Crippen molar-refractivity contribution in [1.29, 1.82) is 0 Å². The van der Waals surface area contributed by atoms with Crippen LogP contribution >= 0.6 is 11.8 Å². The lowest BCUT2D eigenvalue weighted by molar-refractivity contribution is 0.166. The Morgan fingerprint density at radius 2 is 2.50 bits per heavy atom. The van der Waals surface area contributed by atoms with Crippen LogP contribution in [-0.4, -0.2) is 22.3 Å². The topological polar surface area (TPSA) is 41.8 Å². The highest BCUT2D eigenvalue weighted by molar-refractivity contribution is 8.13. The molecule has 1 atom stereocenters. The van der Waals surface area contributed by atoms with E-state index >= 15 is 0 Å². The normalized spacial score (nSPS) is 29.5. The molecule has 0 spiro atoms. The summed E-state index contributed by atoms with van der Waals surface area (Å²) in [6.07, 6.45) is 0.218. The van der Waals surface area contributed by atoms with Crippen LogP contribution < -0.4 is 0 Å². The lowest BCUT2D eigenvalue weighted by Gasteiger charge is -2.11. The van der Waals surface area contributed by atoms with Gasteiger partial charge in [0.2, 0.25) is 0 Å². The minimum atomic E-state index is 0.218. The van der Waals surface area contributed by atoms with Gasteiger partial charge in [0.05, 0.1) is 0 Å². The summed E-state index contributed by atoms with van der Waals surface area (Å²) >= 11 is 1.46. The van der Waals surface area contributed by atoms with Crippen LogP contribution in [0.5, 0.6) is 0 Å². The second kappa shape index (κ2) is 3.14. The zero-order valence-corrected chi connectivity index (χ0v) is 6.89. The van der Waals surface area contributed by atoms with E-state index < -0.39 is 0 Å². The molecular weight excluding hydrogens is 150 g/mol. The highest BCUT2D eigenvalue weighted by atomic mass is 32.2. The fraction of sp³-hybridized carbons (Fsp3) is 0.833. The molecule has 1 unspecified atom stereocenters. The van der Waals surface area contributed by atoms with Crippen LogP contribution in [0.15, 0.2) is 5.16 Å². The van der Waals surface area contributed by atoms with Gasteiger partial charge in [-0.25, -0.2) is 0 Å². The Morgan fingerprint density at radius 1 is 1.80 bits per heavy atom. The summed E-state index contributed by atoms with van der Waals surface area (Å²) in [5, 5.41) is 11.7. The molecule has 0 aromatic rings. The summed E-state index contributed by atoms with van der Waals surface area (Å²) in [7, 11) is 0. The predicted octanol–water partition coefficient (Wildman–Crippen LogP) is 1.52. The molecule has 3 nitrogen and oxygen atoms in total. The lowest BCUT2D eigenvalue weighted by atomic mass is 10.1. The highest BCUT2D eigenvalue weighted by Gasteiger charge is 2.25. The van der Waals surface area contributed by atoms with Gasteiger partial charge in [-0.15, -0.1) is 0 Å². The average Bonchev–Trinajstić information content (AvgIpc) is 2.34. The summed E-state index contributed by atoms with van der Waals surface area (Å²) in [6.45, 7) is 4.18. The van der Waals surface area contributed by atoms with Crippen molar-refractivity contribution in [2.24, 2.45) is 11.1 Å². The van der Waals surface area contributed by atoms with Crippen LogP contribution in [0.4, 0.5) is 0 Å². The Morgan fingerprint density at radius 3 is 2.80 bits per heavy atom. The molecular formula is C6H11NO2S. The summed E-state index contributed by atoms with van der Waals surface area (Å²) < 4.78 is 5.23. The third kappa shape index (κ3) is 1.56. The van der Waals surface area contributed by atoms with Gasteiger partial charge in [-0.2, -0.15) is 0 Å². The van der Waals surface area contributed by atoms with Crippen LogP contribution in [0.25, 0.3) is 0 Å². The summed E-state index contributed by atoms with van der Waals surface area (Å²) in [6, 6.07) is 0. The van der Waals surface area contributed by atoms with Crippen molar-refractivity contribution in [2.45, 2.75) is 20.0 Å². The number of hydrogen-bond acceptors (Lipinski definition) is 4. The Kier molecular flexibility index (Phi) is 2.43. The SMILES string of the molecule is CC(C)C1CSC(=NO)O1. The fourth-order valence-corrected chi connectivity index (χ4v) is 1.74. The van der Waals surface area contributed by atoms with Gasteiger partial charge in [0.1, 0.15) is 6.10 Å². The second-order valence-corrected chi connectivity index (χ2v) is 3.55. The molecule has 0 bridgehead atoms. The molecule has 0 aromatic carbocycles. The molecule has 10 heavy (non-hydrogen) atoms. The maximum atomic E-state index is 8.31. The summed E-state index contributed by atoms with van der Waals surface area (Å²) in [5.74, 6) is 1.39. The number of ether oxygens (including phenoxy) is 1. The quantitative estimate of drug-likeness (QED) is 0.468. The van der Waals surface area contributed by atoms with E-state index in [2.05, 4.69) is 19.0 Å². The smallest absolute Gasteiger partial charge is 0.286 e. The Hall–Kier alpha value is -0.380. The predicted molar refractivity (Wildman–Crippen MR) is 41.4 cm³/mol. The van der Waals surface area contributed by atoms with Crippen molar-refractivity contribution in [3.05, 3.63) is 0 Å². The third-order valence-electron chi connectivity index (χ3n) is 1.45. The van der Waals surface area contributed by atoms with Gasteiger partial charge < -0.3 is 9.94 Å². The van der Waals surface area contributed by atoms with Gasteiger partial charge in [-0.05, 0) is 11.1 Å². The number of oxime groups is 1. The van der Waals surface area contributed by atoms with Crippen LogP contribution in [0.3, 0.4) is 0 Å². The molecule has 1 heterocycles. The van der Waals surface area contributed by atoms with Crippen molar-refractivity contribution in [3.63, 3.8) is 0 Å². The van der Waals surface area contributed by atoms with E-state index in [1.807, 2.05) is 0 Å². The standard InChI is InChI=1S/C6H11NO2S/c1-4(2)5-3-10-6(7-8)9-5/h4-5,8H,3H2,1-2H3. The first-order valence-corrected chi connectivity index (χ1v) is 4.24. The zero-order chi connectivity index (χ0) is 7.56. The number of rotatable bonds is 1. The van der Waals surface area contributed by atoms with E-state index in [0.717, 1.165) is 5.75 Å². The lowest BCUT2D eigenvalue weighted by Crippen LogP contribution is -2.17. The minimum Gasteiger partial charge on any atom is -0.466 e. The van der Waals surface area contributed by atoms with Crippen LogP contribution in [0, 0.1) is 5.92 Å². The third-order valence-corrected chi connectivity index (χ3v) is 2.37. The number of thioether (sulfide) groups is 1. The molecule has 0 aromatic heterocycles. The van der Waals surface area contributed by atoms with Gasteiger partial charge in [0.15, 0.2) is 0 Å². The summed E-state index contributed by atoms with van der Waals surface area (Å²) in [4.78, 5) is 0. The molecule has 0 aliphatic carbocycles. The van der Waals surface area contributed by atoms with E-state index in [0.29, 0.717) is 11.1 Å². The van der Waals surface area contributed by atoms with Crippen molar-refractivity contribution < 1.29 is 9.94 Å². The van der Waals surface area contributed by atoms with Gasteiger partial charge >= 0.3 is 0 Å². The van der Waals surface area contributed by atoms with E-state index in [-0.39, 0.29) is 6.10 Å². The second-order valence-electron chi connectivity index (χ2n) is 2.58. The largest absolute Gasteiger partial charge is 0.466 e. The molecule has 1 fully saturated rings. The first-order valence-electron chi connectivity index (χ1n) is 3.25. The first-order chi connectivity index (χ1) is 4.74. The highest BCUT2D eigenvalue weighted by Crippen LogP contribution is 2.24. The molecule has 1 aliphatic heterocycles. The summed E-state index contributed by atoms with van der Waals surface area (Å²) in [5.41, 5.74) is 0. The average molecular weight is 161 g/mol. The number of hydrogen-bond donors (Lipinski definition) is 1. The Labute approximate surface area is 64.4 Å². The molecule has 1 N–H and O–H groups in total. The monoisotopic (exact) mass is 161 g/mol. The molecule has 1 aliphatic rings. The Bertz CT molecular complexity index is 147. The van der Waals surface area contributed by atoms with Crippen molar-refractivity contribution >= 4 is 17.0 Å². The van der Waals surface area contributed by atoms with Gasteiger partial charge in [-0.1, -0.05) is 25.6 Å². The molecule has 0 radical (unpaired) electrons. The fourth-order valence-electron chi connectivity index (χ4n) is 0.732. The van der Waals surface area contributed by atoms with E-state index in [1.165, 1.54) is 11.8 Å². The van der Waals surface area contributed by atoms with Crippen LogP contribution in [-0.2, 0) is 4.74 Å². The van der Waals surface area contributed by atoms with Gasteiger partial charge in [0, 0.05) is 5.75 Å². The first kappa shape index (κ1) is 7.72. The molecule has 0 saturated carbocycles. The molecule has 0 amide bonds. The number of nitrogens with zero attached hydrogens (tertiary/aromatic N) is 1. The maximum Gasteiger partial charge on any atom is 0.286 e. The van der Waals surface area contributed by atoms with Crippen LogP contribution in [0.2, 0.25) is 0 Å². The van der Waals surface area contributed by atoms with E-state index in [4.69, 9.17) is 9.94 Å². The van der Waals surface area contributed by atoms with E-state index in [9.17, 15) is 0 Å². The minimum absolute atomic E-state index is 0.218.